The van der Waals surface area contributed by atoms with Crippen LogP contribution in [-0.4, -0.2) is 6.10 Å². The summed E-state index contributed by atoms with van der Waals surface area (Å²) in [6.45, 7) is 2.03. The van der Waals surface area contributed by atoms with E-state index >= 15 is 0 Å². The summed E-state index contributed by atoms with van der Waals surface area (Å²) in [5.41, 5.74) is 1.12. The molecule has 1 aliphatic rings. The van der Waals surface area contributed by atoms with Gasteiger partial charge >= 0.3 is 0 Å². The molecule has 1 nitrogen and oxygen atoms in total. The summed E-state index contributed by atoms with van der Waals surface area (Å²) in [7, 11) is 0. The molecule has 70 valence electrons. The Morgan fingerprint density at radius 3 is 2.69 bits per heavy atom. The fourth-order valence-corrected chi connectivity index (χ4v) is 1.69. The zero-order valence-corrected chi connectivity index (χ0v) is 8.47. The van der Waals surface area contributed by atoms with Crippen molar-refractivity contribution in [2.45, 2.75) is 32.3 Å². The highest BCUT2D eigenvalue weighted by Gasteiger charge is 2.20. The van der Waals surface area contributed by atoms with Gasteiger partial charge in [0.1, 0.15) is 5.75 Å². The summed E-state index contributed by atoms with van der Waals surface area (Å²) >= 11 is 6.03. The number of rotatable bonds is 2. The zero-order valence-electron chi connectivity index (χ0n) is 7.72. The van der Waals surface area contributed by atoms with E-state index in [0.29, 0.717) is 6.10 Å². The number of benzene rings is 1. The SMILES string of the molecule is Cc1cccc(Cl)c1OC1CCC1. The van der Waals surface area contributed by atoms with Gasteiger partial charge in [-0.15, -0.1) is 0 Å². The molecular weight excluding hydrogens is 184 g/mol. The van der Waals surface area contributed by atoms with E-state index in [1.165, 1.54) is 19.3 Å². The van der Waals surface area contributed by atoms with E-state index in [1.807, 2.05) is 25.1 Å². The van der Waals surface area contributed by atoms with Gasteiger partial charge in [0.05, 0.1) is 11.1 Å². The Balaban J connectivity index is 2.17. The van der Waals surface area contributed by atoms with Gasteiger partial charge in [0.25, 0.3) is 0 Å². The summed E-state index contributed by atoms with van der Waals surface area (Å²) in [4.78, 5) is 0. The van der Waals surface area contributed by atoms with Crippen LogP contribution in [0.3, 0.4) is 0 Å². The molecule has 0 saturated heterocycles. The Bertz CT molecular complexity index is 285. The molecule has 0 atom stereocenters. The standard InChI is InChI=1S/C11H13ClO/c1-8-4-2-7-10(12)11(8)13-9-5-3-6-9/h2,4,7,9H,3,5-6H2,1H3. The number of halogens is 1. The smallest absolute Gasteiger partial charge is 0.141 e. The summed E-state index contributed by atoms with van der Waals surface area (Å²) in [6, 6.07) is 5.85. The van der Waals surface area contributed by atoms with Gasteiger partial charge in [0, 0.05) is 0 Å². The Labute approximate surface area is 83.7 Å². The number of hydrogen-bond donors (Lipinski definition) is 0. The molecule has 0 aliphatic heterocycles. The summed E-state index contributed by atoms with van der Waals surface area (Å²) in [5, 5.41) is 0.729. The largest absolute Gasteiger partial charge is 0.489 e. The van der Waals surface area contributed by atoms with Crippen molar-refractivity contribution in [3.8, 4) is 5.75 Å². The first-order valence-corrected chi connectivity index (χ1v) is 5.07. The Morgan fingerprint density at radius 1 is 1.38 bits per heavy atom. The molecule has 2 heteroatoms. The van der Waals surface area contributed by atoms with Gasteiger partial charge in [0.15, 0.2) is 0 Å². The second-order valence-electron chi connectivity index (χ2n) is 3.56. The minimum atomic E-state index is 0.401. The molecule has 0 unspecified atom stereocenters. The highest BCUT2D eigenvalue weighted by Crippen LogP contribution is 2.32. The first-order chi connectivity index (χ1) is 6.27. The molecule has 1 saturated carbocycles. The number of ether oxygens (including phenoxy) is 1. The van der Waals surface area contributed by atoms with Gasteiger partial charge in [-0.25, -0.2) is 0 Å². The van der Waals surface area contributed by atoms with E-state index in [4.69, 9.17) is 16.3 Å². The minimum Gasteiger partial charge on any atom is -0.489 e. The van der Waals surface area contributed by atoms with Crippen molar-refractivity contribution >= 4 is 11.6 Å². The van der Waals surface area contributed by atoms with Crippen LogP contribution < -0.4 is 4.74 Å². The van der Waals surface area contributed by atoms with Crippen molar-refractivity contribution in [3.05, 3.63) is 28.8 Å². The Kier molecular flexibility index (Phi) is 2.45. The molecule has 0 bridgehead atoms. The number of aryl methyl sites for hydroxylation is 1. The lowest BCUT2D eigenvalue weighted by Gasteiger charge is -2.27. The van der Waals surface area contributed by atoms with Gasteiger partial charge in [-0.2, -0.15) is 0 Å². The maximum Gasteiger partial charge on any atom is 0.141 e. The van der Waals surface area contributed by atoms with Gasteiger partial charge in [-0.1, -0.05) is 23.7 Å². The first kappa shape index (κ1) is 8.89. The van der Waals surface area contributed by atoms with Crippen molar-refractivity contribution in [1.82, 2.24) is 0 Å². The summed E-state index contributed by atoms with van der Waals surface area (Å²) in [6.07, 6.45) is 4.03. The molecule has 13 heavy (non-hydrogen) atoms. The maximum absolute atomic E-state index is 6.03. The fourth-order valence-electron chi connectivity index (χ4n) is 1.42. The van der Waals surface area contributed by atoms with Crippen LogP contribution in [0.4, 0.5) is 0 Å². The monoisotopic (exact) mass is 196 g/mol. The van der Waals surface area contributed by atoms with E-state index < -0.39 is 0 Å². The van der Waals surface area contributed by atoms with Crippen molar-refractivity contribution in [1.29, 1.82) is 0 Å². The van der Waals surface area contributed by atoms with E-state index in [9.17, 15) is 0 Å². The molecule has 1 fully saturated rings. The van der Waals surface area contributed by atoms with Gasteiger partial charge in [-0.05, 0) is 37.8 Å². The van der Waals surface area contributed by atoms with Crippen LogP contribution >= 0.6 is 11.6 Å². The van der Waals surface area contributed by atoms with Crippen LogP contribution in [0.15, 0.2) is 18.2 Å². The lowest BCUT2D eigenvalue weighted by Crippen LogP contribution is -2.25. The summed E-state index contributed by atoms with van der Waals surface area (Å²) < 4.78 is 5.78. The van der Waals surface area contributed by atoms with Gasteiger partial charge in [0.2, 0.25) is 0 Å². The highest BCUT2D eigenvalue weighted by molar-refractivity contribution is 6.32. The molecule has 1 aliphatic carbocycles. The predicted octanol–water partition coefficient (Wildman–Crippen LogP) is 3.58. The molecule has 1 aromatic rings. The highest BCUT2D eigenvalue weighted by atomic mass is 35.5. The third kappa shape index (κ3) is 1.80. The second-order valence-corrected chi connectivity index (χ2v) is 3.96. The van der Waals surface area contributed by atoms with E-state index in [1.54, 1.807) is 0 Å². The Hall–Kier alpha value is -0.690. The van der Waals surface area contributed by atoms with Crippen molar-refractivity contribution < 1.29 is 4.74 Å². The third-order valence-corrected chi connectivity index (χ3v) is 2.80. The van der Waals surface area contributed by atoms with Gasteiger partial charge in [-0.3, -0.25) is 0 Å². The average Bonchev–Trinajstić information content (AvgIpc) is 2.00. The third-order valence-electron chi connectivity index (χ3n) is 2.50. The molecule has 0 radical (unpaired) electrons. The molecular formula is C11H13ClO. The van der Waals surface area contributed by atoms with Crippen LogP contribution in [0, 0.1) is 6.92 Å². The predicted molar refractivity (Wildman–Crippen MR) is 54.5 cm³/mol. The van der Waals surface area contributed by atoms with E-state index in [0.717, 1.165) is 16.3 Å². The normalized spacial score (nSPS) is 16.8. The number of para-hydroxylation sites is 1. The molecule has 1 aromatic carbocycles. The average molecular weight is 197 g/mol. The molecule has 0 spiro atoms. The van der Waals surface area contributed by atoms with Crippen LogP contribution in [0.1, 0.15) is 24.8 Å². The lowest BCUT2D eigenvalue weighted by molar-refractivity contribution is 0.119. The maximum atomic E-state index is 6.03. The molecule has 0 aromatic heterocycles. The van der Waals surface area contributed by atoms with Crippen LogP contribution in [0.5, 0.6) is 5.75 Å². The van der Waals surface area contributed by atoms with Crippen molar-refractivity contribution in [2.75, 3.05) is 0 Å². The van der Waals surface area contributed by atoms with Crippen LogP contribution in [0.2, 0.25) is 5.02 Å². The Morgan fingerprint density at radius 2 is 2.15 bits per heavy atom. The zero-order chi connectivity index (χ0) is 9.26. The summed E-state index contributed by atoms with van der Waals surface area (Å²) in [5.74, 6) is 0.869. The second kappa shape index (κ2) is 3.59. The van der Waals surface area contributed by atoms with Crippen molar-refractivity contribution in [3.63, 3.8) is 0 Å². The van der Waals surface area contributed by atoms with E-state index in [-0.39, 0.29) is 0 Å². The molecule has 0 heterocycles. The minimum absolute atomic E-state index is 0.401. The topological polar surface area (TPSA) is 9.23 Å². The molecule has 0 amide bonds. The lowest BCUT2D eigenvalue weighted by atomic mass is 9.96. The first-order valence-electron chi connectivity index (χ1n) is 4.69. The molecule has 2 rings (SSSR count). The van der Waals surface area contributed by atoms with Crippen molar-refractivity contribution in [2.24, 2.45) is 0 Å². The van der Waals surface area contributed by atoms with Crippen LogP contribution in [0.25, 0.3) is 0 Å². The van der Waals surface area contributed by atoms with E-state index in [2.05, 4.69) is 0 Å². The quantitative estimate of drug-likeness (QED) is 0.703. The number of hydrogen-bond acceptors (Lipinski definition) is 1. The molecule has 0 N–H and O–H groups in total. The fraction of sp³-hybridized carbons (Fsp3) is 0.455. The van der Waals surface area contributed by atoms with Gasteiger partial charge < -0.3 is 4.74 Å². The van der Waals surface area contributed by atoms with Crippen LogP contribution in [-0.2, 0) is 0 Å².